The van der Waals surface area contributed by atoms with Crippen molar-refractivity contribution in [3.8, 4) is 0 Å². The molecule has 0 radical (unpaired) electrons. The second kappa shape index (κ2) is 8.00. The first kappa shape index (κ1) is 17.3. The molecule has 8 heteroatoms. The fraction of sp³-hybridized carbons (Fsp3) is 0.533. The van der Waals surface area contributed by atoms with Crippen LogP contribution in [0.4, 0.5) is 0 Å². The molecule has 1 aliphatic heterocycles. The molecular formula is C15H22N4O4. The van der Waals surface area contributed by atoms with Crippen LogP contribution in [0.2, 0.25) is 0 Å². The minimum absolute atomic E-state index is 0.106. The van der Waals surface area contributed by atoms with E-state index in [9.17, 15) is 9.59 Å². The number of nitrogens with two attached hydrogens (primary N) is 1. The van der Waals surface area contributed by atoms with Gasteiger partial charge in [0.15, 0.2) is 0 Å². The van der Waals surface area contributed by atoms with Crippen molar-refractivity contribution >= 4 is 11.8 Å². The second-order valence-electron chi connectivity index (χ2n) is 5.39. The molecule has 8 nitrogen and oxygen atoms in total. The number of β-amino-alcohol motifs (C(OH)–C–C–N with tert-alkyl or cyclic N) is 1. The molecule has 126 valence electrons. The number of aliphatic hydroxyl groups excluding tert-OH is 2. The van der Waals surface area contributed by atoms with Crippen molar-refractivity contribution in [3.05, 3.63) is 29.1 Å². The van der Waals surface area contributed by atoms with Gasteiger partial charge in [-0.05, 0) is 12.1 Å². The molecule has 2 amide bonds. The van der Waals surface area contributed by atoms with Crippen LogP contribution in [0, 0.1) is 0 Å². The molecule has 0 atom stereocenters. The highest BCUT2D eigenvalue weighted by Crippen LogP contribution is 2.12. The van der Waals surface area contributed by atoms with Crippen molar-refractivity contribution < 1.29 is 19.8 Å². The Morgan fingerprint density at radius 1 is 1.13 bits per heavy atom. The van der Waals surface area contributed by atoms with E-state index in [-0.39, 0.29) is 36.8 Å². The van der Waals surface area contributed by atoms with E-state index >= 15 is 0 Å². The third-order valence-corrected chi connectivity index (χ3v) is 3.88. The number of nitrogens with zero attached hydrogens (tertiary/aromatic N) is 3. The van der Waals surface area contributed by atoms with Crippen molar-refractivity contribution in [2.75, 3.05) is 45.9 Å². The third-order valence-electron chi connectivity index (χ3n) is 3.88. The first-order valence-electron chi connectivity index (χ1n) is 7.60. The molecule has 0 unspecified atom stereocenters. The Morgan fingerprint density at radius 3 is 2.39 bits per heavy atom. The predicted molar refractivity (Wildman–Crippen MR) is 83.0 cm³/mol. The summed E-state index contributed by atoms with van der Waals surface area (Å²) in [6.07, 6.45) is 0.170. The zero-order valence-electron chi connectivity index (χ0n) is 12.9. The minimum atomic E-state index is -0.627. The van der Waals surface area contributed by atoms with Gasteiger partial charge in [-0.2, -0.15) is 0 Å². The van der Waals surface area contributed by atoms with Gasteiger partial charge in [0.25, 0.3) is 11.8 Å². The second-order valence-corrected chi connectivity index (χ2v) is 5.39. The highest BCUT2D eigenvalue weighted by atomic mass is 16.3. The lowest BCUT2D eigenvalue weighted by Crippen LogP contribution is -2.49. The van der Waals surface area contributed by atoms with Gasteiger partial charge in [-0.3, -0.25) is 14.5 Å². The van der Waals surface area contributed by atoms with Crippen LogP contribution in [0.3, 0.4) is 0 Å². The summed E-state index contributed by atoms with van der Waals surface area (Å²) < 4.78 is 0. The number of carbonyl (C=O) groups excluding carboxylic acids is 2. The molecule has 1 aromatic rings. The molecular weight excluding hydrogens is 300 g/mol. The Labute approximate surface area is 134 Å². The lowest BCUT2D eigenvalue weighted by atomic mass is 10.1. The number of aliphatic hydroxyl groups is 2. The Hall–Kier alpha value is -2.03. The standard InChI is InChI=1S/C15H22N4O4/c16-14(22)11-1-2-13(17-12(11)3-9-20)15(23)19-6-4-18(5-7-19)8-10-21/h1-2,20-21H,3-10H2,(H2,16,22). The van der Waals surface area contributed by atoms with Crippen molar-refractivity contribution in [2.45, 2.75) is 6.42 Å². The summed E-state index contributed by atoms with van der Waals surface area (Å²) >= 11 is 0. The molecule has 0 aliphatic carbocycles. The molecule has 1 aliphatic rings. The molecule has 4 N–H and O–H groups in total. The quantitative estimate of drug-likeness (QED) is 0.584. The highest BCUT2D eigenvalue weighted by Gasteiger charge is 2.23. The van der Waals surface area contributed by atoms with Crippen LogP contribution in [0.5, 0.6) is 0 Å². The third kappa shape index (κ3) is 4.25. The van der Waals surface area contributed by atoms with Crippen molar-refractivity contribution in [1.82, 2.24) is 14.8 Å². The van der Waals surface area contributed by atoms with Gasteiger partial charge in [0, 0.05) is 45.8 Å². The molecule has 1 aromatic heterocycles. The number of hydrogen-bond donors (Lipinski definition) is 3. The van der Waals surface area contributed by atoms with Crippen LogP contribution in [-0.4, -0.2) is 82.7 Å². The van der Waals surface area contributed by atoms with Gasteiger partial charge in [-0.1, -0.05) is 0 Å². The van der Waals surface area contributed by atoms with Crippen LogP contribution in [-0.2, 0) is 6.42 Å². The number of amides is 2. The van der Waals surface area contributed by atoms with Gasteiger partial charge < -0.3 is 20.8 Å². The monoisotopic (exact) mass is 322 g/mol. The summed E-state index contributed by atoms with van der Waals surface area (Å²) in [4.78, 5) is 31.9. The van der Waals surface area contributed by atoms with E-state index in [4.69, 9.17) is 15.9 Å². The predicted octanol–water partition coefficient (Wildman–Crippen LogP) is -1.53. The highest BCUT2D eigenvalue weighted by molar-refractivity contribution is 5.96. The van der Waals surface area contributed by atoms with Gasteiger partial charge in [-0.15, -0.1) is 0 Å². The summed E-state index contributed by atoms with van der Waals surface area (Å²) in [6.45, 7) is 3.07. The molecule has 2 heterocycles. The van der Waals surface area contributed by atoms with Gasteiger partial charge in [0.2, 0.25) is 0 Å². The van der Waals surface area contributed by atoms with E-state index in [0.29, 0.717) is 38.4 Å². The fourth-order valence-electron chi connectivity index (χ4n) is 2.62. The molecule has 1 fully saturated rings. The Balaban J connectivity index is 2.10. The van der Waals surface area contributed by atoms with E-state index in [1.165, 1.54) is 12.1 Å². The largest absolute Gasteiger partial charge is 0.396 e. The van der Waals surface area contributed by atoms with Crippen LogP contribution < -0.4 is 5.73 Å². The number of piperazine rings is 1. The number of pyridine rings is 1. The lowest BCUT2D eigenvalue weighted by molar-refractivity contribution is 0.0608. The average Bonchev–Trinajstić information content (AvgIpc) is 2.55. The number of hydrogen-bond acceptors (Lipinski definition) is 6. The van der Waals surface area contributed by atoms with Gasteiger partial charge in [-0.25, -0.2) is 4.98 Å². The zero-order chi connectivity index (χ0) is 16.8. The molecule has 0 saturated carbocycles. The van der Waals surface area contributed by atoms with E-state index in [1.54, 1.807) is 4.90 Å². The van der Waals surface area contributed by atoms with Gasteiger partial charge in [0.1, 0.15) is 5.69 Å². The Kier molecular flexibility index (Phi) is 6.03. The zero-order valence-corrected chi connectivity index (χ0v) is 12.9. The topological polar surface area (TPSA) is 120 Å². The van der Waals surface area contributed by atoms with Crippen molar-refractivity contribution in [3.63, 3.8) is 0 Å². The number of carbonyl (C=O) groups is 2. The fourth-order valence-corrected chi connectivity index (χ4v) is 2.62. The Bertz CT molecular complexity index is 571. The smallest absolute Gasteiger partial charge is 0.272 e. The van der Waals surface area contributed by atoms with Crippen LogP contribution >= 0.6 is 0 Å². The van der Waals surface area contributed by atoms with Crippen LogP contribution in [0.25, 0.3) is 0 Å². The number of primary amides is 1. The maximum absolute atomic E-state index is 12.5. The number of aromatic nitrogens is 1. The molecule has 0 aromatic carbocycles. The molecule has 1 saturated heterocycles. The van der Waals surface area contributed by atoms with E-state index < -0.39 is 5.91 Å². The maximum Gasteiger partial charge on any atom is 0.272 e. The van der Waals surface area contributed by atoms with E-state index in [0.717, 1.165) is 0 Å². The Morgan fingerprint density at radius 2 is 1.83 bits per heavy atom. The van der Waals surface area contributed by atoms with E-state index in [1.807, 2.05) is 0 Å². The maximum atomic E-state index is 12.5. The molecule has 2 rings (SSSR count). The summed E-state index contributed by atoms with van der Waals surface area (Å²) in [5.74, 6) is -0.832. The SMILES string of the molecule is NC(=O)c1ccc(C(=O)N2CCN(CCO)CC2)nc1CCO. The van der Waals surface area contributed by atoms with Gasteiger partial charge >= 0.3 is 0 Å². The summed E-state index contributed by atoms with van der Waals surface area (Å²) in [5.41, 5.74) is 6.08. The average molecular weight is 322 g/mol. The van der Waals surface area contributed by atoms with E-state index in [2.05, 4.69) is 9.88 Å². The molecule has 0 spiro atoms. The van der Waals surface area contributed by atoms with Gasteiger partial charge in [0.05, 0.1) is 17.9 Å². The summed E-state index contributed by atoms with van der Waals surface area (Å²) in [7, 11) is 0. The molecule has 23 heavy (non-hydrogen) atoms. The first-order valence-corrected chi connectivity index (χ1v) is 7.60. The summed E-state index contributed by atoms with van der Waals surface area (Å²) in [5, 5.41) is 18.0. The normalized spacial score (nSPS) is 15.7. The van der Waals surface area contributed by atoms with Crippen molar-refractivity contribution in [2.24, 2.45) is 5.73 Å². The van der Waals surface area contributed by atoms with Crippen molar-refractivity contribution in [1.29, 1.82) is 0 Å². The minimum Gasteiger partial charge on any atom is -0.396 e. The molecule has 0 bridgehead atoms. The lowest BCUT2D eigenvalue weighted by Gasteiger charge is -2.34. The number of rotatable bonds is 6. The van der Waals surface area contributed by atoms with Crippen LogP contribution in [0.1, 0.15) is 26.5 Å². The summed E-state index contributed by atoms with van der Waals surface area (Å²) in [6, 6.07) is 2.97. The first-order chi connectivity index (χ1) is 11.1. The van der Waals surface area contributed by atoms with Crippen LogP contribution in [0.15, 0.2) is 12.1 Å².